The zero-order valence-electron chi connectivity index (χ0n) is 19.0. The van der Waals surface area contributed by atoms with Crippen molar-refractivity contribution in [3.8, 4) is 22.4 Å². The topological polar surface area (TPSA) is 71.1 Å². The van der Waals surface area contributed by atoms with Gasteiger partial charge in [-0.15, -0.1) is 0 Å². The lowest BCUT2D eigenvalue weighted by molar-refractivity contribution is -0.114. The molecule has 0 atom stereocenters. The smallest absolute Gasteiger partial charge is 0.159 e. The highest BCUT2D eigenvalue weighted by molar-refractivity contribution is 6.36. The SMILES string of the molecule is C=CC(=O)Cc1cc(-c2c(-c3ccc(N4CCOCC4)nc3)[nH]c3nccc(Cl)c23)ccc1C. The fourth-order valence-electron chi connectivity index (χ4n) is 4.37. The number of aromatic amines is 1. The van der Waals surface area contributed by atoms with Crippen LogP contribution in [-0.4, -0.2) is 47.0 Å². The zero-order chi connectivity index (χ0) is 23.7. The molecule has 34 heavy (non-hydrogen) atoms. The van der Waals surface area contributed by atoms with Gasteiger partial charge < -0.3 is 14.6 Å². The number of hydrogen-bond donors (Lipinski definition) is 1. The van der Waals surface area contributed by atoms with Crippen molar-refractivity contribution in [2.75, 3.05) is 31.2 Å². The lowest BCUT2D eigenvalue weighted by atomic mass is 9.94. The first kappa shape index (κ1) is 22.3. The summed E-state index contributed by atoms with van der Waals surface area (Å²) in [5.41, 5.74) is 6.46. The molecule has 7 heteroatoms. The summed E-state index contributed by atoms with van der Waals surface area (Å²) in [6.45, 7) is 8.71. The molecular formula is C27H25ClN4O2. The van der Waals surface area contributed by atoms with Crippen molar-refractivity contribution in [1.29, 1.82) is 0 Å². The van der Waals surface area contributed by atoms with Gasteiger partial charge in [-0.05, 0) is 47.9 Å². The summed E-state index contributed by atoms with van der Waals surface area (Å²) in [7, 11) is 0. The molecule has 0 unspecified atom stereocenters. The highest BCUT2D eigenvalue weighted by atomic mass is 35.5. The van der Waals surface area contributed by atoms with Crippen LogP contribution in [0.4, 0.5) is 5.82 Å². The van der Waals surface area contributed by atoms with E-state index in [4.69, 9.17) is 21.3 Å². The van der Waals surface area contributed by atoms with E-state index in [1.807, 2.05) is 25.3 Å². The van der Waals surface area contributed by atoms with E-state index in [9.17, 15) is 4.79 Å². The Hall–Kier alpha value is -3.48. The molecule has 4 aromatic rings. The van der Waals surface area contributed by atoms with Gasteiger partial charge in [-0.25, -0.2) is 9.97 Å². The third-order valence-electron chi connectivity index (χ3n) is 6.25. The Kier molecular flexibility index (Phi) is 6.18. The second-order valence-electron chi connectivity index (χ2n) is 8.38. The second kappa shape index (κ2) is 9.41. The molecule has 3 aromatic heterocycles. The van der Waals surface area contributed by atoms with E-state index in [0.29, 0.717) is 30.3 Å². The molecular weight excluding hydrogens is 448 g/mol. The zero-order valence-corrected chi connectivity index (χ0v) is 19.7. The van der Waals surface area contributed by atoms with Crippen molar-refractivity contribution in [3.63, 3.8) is 0 Å². The third kappa shape index (κ3) is 4.22. The molecule has 5 rings (SSSR count). The quantitative estimate of drug-likeness (QED) is 0.381. The van der Waals surface area contributed by atoms with Crippen LogP contribution in [0.2, 0.25) is 5.02 Å². The Bertz CT molecular complexity index is 1370. The minimum Gasteiger partial charge on any atom is -0.378 e. The van der Waals surface area contributed by atoms with Gasteiger partial charge in [0.05, 0.1) is 23.9 Å². The molecule has 0 radical (unpaired) electrons. The lowest BCUT2D eigenvalue weighted by Crippen LogP contribution is -2.36. The van der Waals surface area contributed by atoms with Crippen LogP contribution in [-0.2, 0) is 16.0 Å². The molecule has 1 aliphatic heterocycles. The first-order valence-electron chi connectivity index (χ1n) is 11.3. The highest BCUT2D eigenvalue weighted by Gasteiger charge is 2.20. The summed E-state index contributed by atoms with van der Waals surface area (Å²) in [5, 5.41) is 1.46. The van der Waals surface area contributed by atoms with Gasteiger partial charge in [0.2, 0.25) is 0 Å². The number of carbonyl (C=O) groups excluding carboxylic acids is 1. The monoisotopic (exact) mass is 472 g/mol. The van der Waals surface area contributed by atoms with Crippen LogP contribution in [0.3, 0.4) is 0 Å². The molecule has 1 aromatic carbocycles. The van der Waals surface area contributed by atoms with Gasteiger partial charge in [0.15, 0.2) is 5.78 Å². The molecule has 0 spiro atoms. The maximum atomic E-state index is 12.1. The van der Waals surface area contributed by atoms with Crippen LogP contribution < -0.4 is 4.90 Å². The number of nitrogens with one attached hydrogen (secondary N) is 1. The Balaban J connectivity index is 1.63. The van der Waals surface area contributed by atoms with Crippen LogP contribution in [0.5, 0.6) is 0 Å². The molecule has 0 aliphatic carbocycles. The van der Waals surface area contributed by atoms with Gasteiger partial charge in [-0.2, -0.15) is 0 Å². The van der Waals surface area contributed by atoms with Crippen LogP contribution in [0, 0.1) is 6.92 Å². The third-order valence-corrected chi connectivity index (χ3v) is 6.56. The van der Waals surface area contributed by atoms with E-state index in [1.54, 1.807) is 12.3 Å². The van der Waals surface area contributed by atoms with Gasteiger partial charge >= 0.3 is 0 Å². The number of ketones is 1. The number of nitrogens with zero attached hydrogens (tertiary/aromatic N) is 3. The first-order chi connectivity index (χ1) is 16.5. The van der Waals surface area contributed by atoms with Gasteiger partial charge in [0.1, 0.15) is 11.5 Å². The predicted octanol–water partition coefficient (Wildman–Crippen LogP) is 5.39. The lowest BCUT2D eigenvalue weighted by Gasteiger charge is -2.27. The van der Waals surface area contributed by atoms with Crippen LogP contribution >= 0.6 is 11.6 Å². The second-order valence-corrected chi connectivity index (χ2v) is 8.79. The molecule has 1 fully saturated rings. The summed E-state index contributed by atoms with van der Waals surface area (Å²) < 4.78 is 5.45. The average Bonchev–Trinajstić information content (AvgIpc) is 3.27. The molecule has 0 saturated carbocycles. The number of pyridine rings is 2. The molecule has 1 N–H and O–H groups in total. The van der Waals surface area contributed by atoms with E-state index in [-0.39, 0.29) is 5.78 Å². The highest BCUT2D eigenvalue weighted by Crippen LogP contribution is 2.41. The van der Waals surface area contributed by atoms with Crippen molar-refractivity contribution >= 4 is 34.2 Å². The number of rotatable bonds is 6. The average molecular weight is 473 g/mol. The minimum absolute atomic E-state index is 0.0120. The number of aryl methyl sites for hydroxylation is 1. The van der Waals surface area contributed by atoms with Gasteiger partial charge in [0.25, 0.3) is 0 Å². The standard InChI is InChI=1S/C27H25ClN4O2/c1-3-21(33)15-20-14-18(5-4-17(20)2)24-25-22(28)8-9-29-27(25)31-26(24)19-6-7-23(30-16-19)32-10-12-34-13-11-32/h3-9,14,16H,1,10-13,15H2,2H3,(H,29,31). The molecule has 0 bridgehead atoms. The Labute approximate surface area is 203 Å². The molecule has 6 nitrogen and oxygen atoms in total. The number of halogens is 1. The van der Waals surface area contributed by atoms with Crippen molar-refractivity contribution in [2.24, 2.45) is 0 Å². The fourth-order valence-corrected chi connectivity index (χ4v) is 4.61. The number of carbonyl (C=O) groups is 1. The summed E-state index contributed by atoms with van der Waals surface area (Å²) in [4.78, 5) is 27.0. The molecule has 1 saturated heterocycles. The number of allylic oxidation sites excluding steroid dienone is 1. The van der Waals surface area contributed by atoms with Crippen LogP contribution in [0.15, 0.2) is 61.4 Å². The van der Waals surface area contributed by atoms with E-state index in [2.05, 4.69) is 39.6 Å². The summed E-state index contributed by atoms with van der Waals surface area (Å²) in [6.07, 6.45) is 5.25. The number of hydrogen-bond acceptors (Lipinski definition) is 5. The minimum atomic E-state index is -0.0120. The Morgan fingerprint density at radius 1 is 1.18 bits per heavy atom. The van der Waals surface area contributed by atoms with Crippen molar-refractivity contribution < 1.29 is 9.53 Å². The van der Waals surface area contributed by atoms with Crippen molar-refractivity contribution in [1.82, 2.24) is 15.0 Å². The van der Waals surface area contributed by atoms with E-state index < -0.39 is 0 Å². The van der Waals surface area contributed by atoms with E-state index in [1.165, 1.54) is 6.08 Å². The summed E-state index contributed by atoms with van der Waals surface area (Å²) in [6, 6.07) is 12.0. The van der Waals surface area contributed by atoms with Crippen molar-refractivity contribution in [2.45, 2.75) is 13.3 Å². The summed E-state index contributed by atoms with van der Waals surface area (Å²) >= 11 is 6.66. The number of benzene rings is 1. The van der Waals surface area contributed by atoms with Crippen molar-refractivity contribution in [3.05, 3.63) is 77.6 Å². The largest absolute Gasteiger partial charge is 0.378 e. The first-order valence-corrected chi connectivity index (χ1v) is 11.6. The number of morpholine rings is 1. The summed E-state index contributed by atoms with van der Waals surface area (Å²) in [5.74, 6) is 0.920. The molecule has 4 heterocycles. The van der Waals surface area contributed by atoms with E-state index in [0.717, 1.165) is 57.8 Å². The maximum absolute atomic E-state index is 12.1. The molecule has 1 aliphatic rings. The van der Waals surface area contributed by atoms with Gasteiger partial charge in [-0.3, -0.25) is 4.79 Å². The van der Waals surface area contributed by atoms with Gasteiger partial charge in [-0.1, -0.05) is 36.4 Å². The number of H-pyrrole nitrogens is 1. The molecule has 0 amide bonds. The normalized spacial score (nSPS) is 13.9. The molecule has 172 valence electrons. The number of aromatic nitrogens is 3. The predicted molar refractivity (Wildman–Crippen MR) is 136 cm³/mol. The maximum Gasteiger partial charge on any atom is 0.159 e. The van der Waals surface area contributed by atoms with Crippen LogP contribution in [0.1, 0.15) is 11.1 Å². The number of fused-ring (bicyclic) bond motifs is 1. The number of anilines is 1. The number of ether oxygens (including phenoxy) is 1. The van der Waals surface area contributed by atoms with Gasteiger partial charge in [0, 0.05) is 48.4 Å². The van der Waals surface area contributed by atoms with Crippen LogP contribution in [0.25, 0.3) is 33.4 Å². The fraction of sp³-hybridized carbons (Fsp3) is 0.222. The Morgan fingerprint density at radius 3 is 2.71 bits per heavy atom. The van der Waals surface area contributed by atoms with E-state index >= 15 is 0 Å². The Morgan fingerprint density at radius 2 is 1.97 bits per heavy atom.